The summed E-state index contributed by atoms with van der Waals surface area (Å²) in [4.78, 5) is 32.7. The fourth-order valence-corrected chi connectivity index (χ4v) is 4.21. The summed E-state index contributed by atoms with van der Waals surface area (Å²) < 4.78 is 50.1. The van der Waals surface area contributed by atoms with Crippen LogP contribution in [0.1, 0.15) is 52.8 Å². The normalized spacial score (nSPS) is 23.1. The molecule has 4 rings (SSSR count). The van der Waals surface area contributed by atoms with E-state index in [0.717, 1.165) is 24.3 Å². The zero-order chi connectivity index (χ0) is 27.8. The molecule has 2 amide bonds. The summed E-state index contributed by atoms with van der Waals surface area (Å²) in [6.45, 7) is 3.28. The van der Waals surface area contributed by atoms with E-state index < -0.39 is 64.4 Å². The molecule has 3 aromatic rings. The Morgan fingerprint density at radius 2 is 1.82 bits per heavy atom. The summed E-state index contributed by atoms with van der Waals surface area (Å²) in [6.07, 6.45) is 1.96. The first-order valence-electron chi connectivity index (χ1n) is 11.7. The Balaban J connectivity index is 1.64. The second-order valence-corrected chi connectivity index (χ2v) is 9.17. The van der Waals surface area contributed by atoms with E-state index in [9.17, 15) is 27.9 Å². The number of halogens is 3. The Morgan fingerprint density at radius 3 is 2.45 bits per heavy atom. The van der Waals surface area contributed by atoms with Gasteiger partial charge in [0.15, 0.2) is 0 Å². The van der Waals surface area contributed by atoms with Crippen molar-refractivity contribution in [1.82, 2.24) is 15.3 Å². The number of rotatable bonds is 5. The van der Waals surface area contributed by atoms with Crippen LogP contribution in [0, 0.1) is 17.5 Å². The molecule has 0 unspecified atom stereocenters. The van der Waals surface area contributed by atoms with Crippen LogP contribution in [0.5, 0.6) is 0 Å². The number of carbonyl (C=O) groups excluding carboxylic acids is 2. The molecular weight excluding hydrogens is 503 g/mol. The van der Waals surface area contributed by atoms with Crippen LogP contribution in [0.2, 0.25) is 0 Å². The van der Waals surface area contributed by atoms with Crippen LogP contribution < -0.4 is 16.4 Å². The number of ether oxygens (including phenoxy) is 1. The van der Waals surface area contributed by atoms with Crippen molar-refractivity contribution in [2.24, 2.45) is 5.73 Å². The van der Waals surface area contributed by atoms with Gasteiger partial charge in [-0.25, -0.2) is 18.2 Å². The third-order valence-electron chi connectivity index (χ3n) is 6.71. The Hall–Kier alpha value is -3.87. The van der Waals surface area contributed by atoms with Gasteiger partial charge in [-0.3, -0.25) is 14.6 Å². The summed E-state index contributed by atoms with van der Waals surface area (Å²) in [5.74, 6) is -5.05. The zero-order valence-corrected chi connectivity index (χ0v) is 20.8. The van der Waals surface area contributed by atoms with Gasteiger partial charge in [-0.05, 0) is 50.6 Å². The highest BCUT2D eigenvalue weighted by Gasteiger charge is 2.43. The van der Waals surface area contributed by atoms with Gasteiger partial charge in [-0.15, -0.1) is 0 Å². The van der Waals surface area contributed by atoms with E-state index in [1.165, 1.54) is 19.4 Å². The second kappa shape index (κ2) is 10.5. The Labute approximate surface area is 216 Å². The van der Waals surface area contributed by atoms with Crippen molar-refractivity contribution in [3.05, 3.63) is 77.0 Å². The lowest BCUT2D eigenvalue weighted by atomic mass is 9.83. The van der Waals surface area contributed by atoms with E-state index in [1.807, 2.05) is 0 Å². The van der Waals surface area contributed by atoms with Crippen LogP contribution in [0.25, 0.3) is 11.3 Å². The molecular formula is C26H26F3N5O4. The van der Waals surface area contributed by atoms with Crippen LogP contribution in [0.15, 0.2) is 42.7 Å². The van der Waals surface area contributed by atoms with Crippen molar-refractivity contribution >= 4 is 17.5 Å². The van der Waals surface area contributed by atoms with Gasteiger partial charge in [0.2, 0.25) is 0 Å². The minimum absolute atomic E-state index is 0.253. The summed E-state index contributed by atoms with van der Waals surface area (Å²) in [5, 5.41) is 15.4. The molecule has 9 nitrogen and oxygen atoms in total. The van der Waals surface area contributed by atoms with Crippen LogP contribution in [0.3, 0.4) is 0 Å². The number of hydrogen-bond acceptors (Lipinski definition) is 7. The van der Waals surface area contributed by atoms with Crippen molar-refractivity contribution < 1.29 is 32.6 Å². The highest BCUT2D eigenvalue weighted by Crippen LogP contribution is 2.38. The van der Waals surface area contributed by atoms with Gasteiger partial charge in [0, 0.05) is 30.4 Å². The molecule has 38 heavy (non-hydrogen) atoms. The monoisotopic (exact) mass is 529 g/mol. The summed E-state index contributed by atoms with van der Waals surface area (Å²) in [5.41, 5.74) is 3.51. The fraction of sp³-hybridized carbons (Fsp3) is 0.308. The molecule has 3 heterocycles. The highest BCUT2D eigenvalue weighted by molar-refractivity contribution is 6.03. The van der Waals surface area contributed by atoms with Crippen molar-refractivity contribution in [1.29, 1.82) is 0 Å². The zero-order valence-electron chi connectivity index (χ0n) is 20.8. The molecule has 5 N–H and O–H groups in total. The number of nitrogens with zero attached hydrogens (tertiary/aromatic N) is 2. The van der Waals surface area contributed by atoms with Gasteiger partial charge in [-0.2, -0.15) is 0 Å². The maximum Gasteiger partial charge on any atom is 0.274 e. The number of carbonyl (C=O) groups is 2. The van der Waals surface area contributed by atoms with Crippen LogP contribution >= 0.6 is 0 Å². The summed E-state index contributed by atoms with van der Waals surface area (Å²) in [7, 11) is 1.29. The van der Waals surface area contributed by atoms with Gasteiger partial charge >= 0.3 is 0 Å². The van der Waals surface area contributed by atoms with Crippen LogP contribution in [0.4, 0.5) is 18.9 Å². The van der Waals surface area contributed by atoms with E-state index in [-0.39, 0.29) is 23.4 Å². The smallest absolute Gasteiger partial charge is 0.274 e. The predicted octanol–water partition coefficient (Wildman–Crippen LogP) is 3.10. The second-order valence-electron chi connectivity index (χ2n) is 9.17. The molecule has 0 saturated carbocycles. The molecule has 4 atom stereocenters. The number of amides is 2. The number of hydrogen-bond donors (Lipinski definition) is 4. The predicted molar refractivity (Wildman–Crippen MR) is 132 cm³/mol. The van der Waals surface area contributed by atoms with Crippen molar-refractivity contribution in [3.8, 4) is 11.3 Å². The fourth-order valence-electron chi connectivity index (χ4n) is 4.21. The average Bonchev–Trinajstić information content (AvgIpc) is 2.87. The first-order chi connectivity index (χ1) is 17.9. The number of aromatic nitrogens is 2. The van der Waals surface area contributed by atoms with E-state index in [0.29, 0.717) is 5.56 Å². The molecule has 1 aromatic carbocycles. The molecule has 12 heteroatoms. The first kappa shape index (κ1) is 27.2. The molecule has 1 saturated heterocycles. The standard InChI is InChI=1S/C26H26F3N5O4/c1-12-26(2,37)21(30)10-20(38-12)14-6-7-32-11-19(14)34-25(36)18-5-4-15(27)23(33-18)22-16(28)8-13(9-17(22)29)24(35)31-3/h4-9,11-12,20-21,37H,10,30H2,1-3H3,(H,31,35)(H,34,36)/t12-,20-,21-,26-/m1/s1. The van der Waals surface area contributed by atoms with Crippen LogP contribution in [-0.2, 0) is 4.74 Å². The topological polar surface area (TPSA) is 139 Å². The minimum Gasteiger partial charge on any atom is -0.386 e. The molecule has 0 spiro atoms. The quantitative estimate of drug-likeness (QED) is 0.398. The van der Waals surface area contributed by atoms with Gasteiger partial charge in [-0.1, -0.05) is 0 Å². The Kier molecular flexibility index (Phi) is 7.49. The van der Waals surface area contributed by atoms with Crippen molar-refractivity contribution in [2.45, 2.75) is 44.1 Å². The van der Waals surface area contributed by atoms with Crippen molar-refractivity contribution in [3.63, 3.8) is 0 Å². The summed E-state index contributed by atoms with van der Waals surface area (Å²) >= 11 is 0. The minimum atomic E-state index is -1.25. The Bertz CT molecular complexity index is 1360. The SMILES string of the molecule is CNC(=O)c1cc(F)c(-c2nc(C(=O)Nc3cnccc3[C@H]3C[C@@H](N)[C@](C)(O)[C@@H](C)O3)ccc2F)c(F)c1. The molecule has 0 radical (unpaired) electrons. The maximum absolute atomic E-state index is 14.8. The number of nitrogens with one attached hydrogen (secondary N) is 2. The molecule has 1 aliphatic heterocycles. The van der Waals surface area contributed by atoms with Crippen LogP contribution in [-0.4, -0.2) is 51.7 Å². The molecule has 2 aromatic heterocycles. The lowest BCUT2D eigenvalue weighted by Gasteiger charge is -2.44. The molecule has 1 fully saturated rings. The molecule has 0 bridgehead atoms. The third kappa shape index (κ3) is 5.10. The Morgan fingerprint density at radius 1 is 1.13 bits per heavy atom. The maximum atomic E-state index is 14.8. The van der Waals surface area contributed by atoms with E-state index in [4.69, 9.17) is 10.5 Å². The van der Waals surface area contributed by atoms with E-state index in [1.54, 1.807) is 19.9 Å². The number of benzene rings is 1. The molecule has 1 aliphatic rings. The average molecular weight is 530 g/mol. The van der Waals surface area contributed by atoms with Gasteiger partial charge in [0.1, 0.15) is 34.4 Å². The van der Waals surface area contributed by atoms with Gasteiger partial charge in [0.05, 0.1) is 29.7 Å². The number of nitrogens with two attached hydrogens (primary N) is 1. The highest BCUT2D eigenvalue weighted by atomic mass is 19.1. The lowest BCUT2D eigenvalue weighted by molar-refractivity contribution is -0.171. The lowest BCUT2D eigenvalue weighted by Crippen LogP contribution is -2.58. The van der Waals surface area contributed by atoms with Gasteiger partial charge in [0.25, 0.3) is 11.8 Å². The number of pyridine rings is 2. The molecule has 0 aliphatic carbocycles. The van der Waals surface area contributed by atoms with Crippen molar-refractivity contribution in [2.75, 3.05) is 12.4 Å². The third-order valence-corrected chi connectivity index (χ3v) is 6.71. The number of aliphatic hydroxyl groups is 1. The first-order valence-corrected chi connectivity index (χ1v) is 11.7. The molecule has 200 valence electrons. The number of anilines is 1. The summed E-state index contributed by atoms with van der Waals surface area (Å²) in [6, 6.07) is 4.45. The van der Waals surface area contributed by atoms with E-state index in [2.05, 4.69) is 20.6 Å². The van der Waals surface area contributed by atoms with E-state index >= 15 is 0 Å². The largest absolute Gasteiger partial charge is 0.386 e. The van der Waals surface area contributed by atoms with Gasteiger partial charge < -0.3 is 26.2 Å².